The lowest BCUT2D eigenvalue weighted by Crippen LogP contribution is -2.27. The molecular weight excluding hydrogens is 460 g/mol. The second-order valence-electron chi connectivity index (χ2n) is 10.2. The first kappa shape index (κ1) is 35.6. The van der Waals surface area contributed by atoms with Gasteiger partial charge in [-0.1, -0.05) is 115 Å². The zero-order chi connectivity index (χ0) is 27.1. The SMILES string of the molecule is CCC/C=C\CCCCCCCCOCC(CO)OC(=O)CCCCCCC/C=C\C/C=C\CCCC. The van der Waals surface area contributed by atoms with Gasteiger partial charge in [0.05, 0.1) is 13.2 Å². The normalized spacial score (nSPS) is 12.8. The molecule has 0 rings (SSSR count). The fourth-order valence-corrected chi connectivity index (χ4v) is 4.05. The molecule has 0 aliphatic heterocycles. The minimum atomic E-state index is -0.540. The molecule has 4 nitrogen and oxygen atoms in total. The maximum absolute atomic E-state index is 12.1. The molecule has 0 aromatic rings. The summed E-state index contributed by atoms with van der Waals surface area (Å²) in [5.74, 6) is -0.220. The number of aliphatic hydroxyl groups excluding tert-OH is 1. The molecule has 1 N–H and O–H groups in total. The Bertz CT molecular complexity index is 553. The van der Waals surface area contributed by atoms with E-state index in [0.717, 1.165) is 38.5 Å². The molecule has 0 aliphatic carbocycles. The fraction of sp³-hybridized carbons (Fsp3) is 0.788. The summed E-state index contributed by atoms with van der Waals surface area (Å²) in [4.78, 5) is 12.1. The molecule has 0 amide bonds. The van der Waals surface area contributed by atoms with Crippen LogP contribution in [-0.2, 0) is 14.3 Å². The largest absolute Gasteiger partial charge is 0.457 e. The van der Waals surface area contributed by atoms with Crippen LogP contribution in [0.3, 0.4) is 0 Å². The lowest BCUT2D eigenvalue weighted by atomic mass is 10.1. The van der Waals surface area contributed by atoms with Gasteiger partial charge in [-0.2, -0.15) is 0 Å². The lowest BCUT2D eigenvalue weighted by Gasteiger charge is -2.15. The van der Waals surface area contributed by atoms with Crippen molar-refractivity contribution in [2.45, 2.75) is 148 Å². The van der Waals surface area contributed by atoms with Gasteiger partial charge in [-0.3, -0.25) is 4.79 Å². The molecule has 1 atom stereocenters. The molecular formula is C33H60O4. The molecule has 1 unspecified atom stereocenters. The monoisotopic (exact) mass is 520 g/mol. The Morgan fingerprint density at radius 2 is 1.19 bits per heavy atom. The third kappa shape index (κ3) is 29.0. The van der Waals surface area contributed by atoms with Gasteiger partial charge in [-0.05, 0) is 57.8 Å². The molecule has 0 aromatic heterocycles. The molecule has 0 aliphatic rings. The van der Waals surface area contributed by atoms with Gasteiger partial charge in [0.2, 0.25) is 0 Å². The van der Waals surface area contributed by atoms with Crippen LogP contribution in [0.15, 0.2) is 36.5 Å². The van der Waals surface area contributed by atoms with Crippen LogP contribution in [0.25, 0.3) is 0 Å². The van der Waals surface area contributed by atoms with Gasteiger partial charge in [0, 0.05) is 13.0 Å². The second kappa shape index (κ2) is 30.8. The van der Waals surface area contributed by atoms with Crippen molar-refractivity contribution in [3.8, 4) is 0 Å². The summed E-state index contributed by atoms with van der Waals surface area (Å²) < 4.78 is 11.0. The van der Waals surface area contributed by atoms with Gasteiger partial charge in [0.15, 0.2) is 0 Å². The number of ether oxygens (including phenoxy) is 2. The van der Waals surface area contributed by atoms with Crippen molar-refractivity contribution in [3.05, 3.63) is 36.5 Å². The molecule has 0 aromatic carbocycles. The minimum Gasteiger partial charge on any atom is -0.457 e. The lowest BCUT2D eigenvalue weighted by molar-refractivity contribution is -0.154. The van der Waals surface area contributed by atoms with Crippen LogP contribution >= 0.6 is 0 Å². The highest BCUT2D eigenvalue weighted by atomic mass is 16.6. The summed E-state index contributed by atoms with van der Waals surface area (Å²) in [6.07, 6.45) is 35.9. The van der Waals surface area contributed by atoms with Crippen molar-refractivity contribution in [1.82, 2.24) is 0 Å². The van der Waals surface area contributed by atoms with Gasteiger partial charge >= 0.3 is 5.97 Å². The van der Waals surface area contributed by atoms with Crippen LogP contribution in [0.1, 0.15) is 142 Å². The van der Waals surface area contributed by atoms with Crippen molar-refractivity contribution in [2.24, 2.45) is 0 Å². The van der Waals surface area contributed by atoms with Crippen LogP contribution in [0, 0.1) is 0 Å². The Hall–Kier alpha value is -1.39. The number of esters is 1. The summed E-state index contributed by atoms with van der Waals surface area (Å²) in [6.45, 7) is 5.21. The summed E-state index contributed by atoms with van der Waals surface area (Å²) >= 11 is 0. The van der Waals surface area contributed by atoms with E-state index in [9.17, 15) is 9.90 Å². The van der Waals surface area contributed by atoms with Crippen molar-refractivity contribution in [2.75, 3.05) is 19.8 Å². The molecule has 216 valence electrons. The van der Waals surface area contributed by atoms with E-state index in [4.69, 9.17) is 9.47 Å². The van der Waals surface area contributed by atoms with E-state index in [-0.39, 0.29) is 19.2 Å². The number of rotatable bonds is 28. The van der Waals surface area contributed by atoms with Crippen molar-refractivity contribution in [3.63, 3.8) is 0 Å². The highest BCUT2D eigenvalue weighted by Crippen LogP contribution is 2.10. The Balaban J connectivity index is 3.51. The minimum absolute atomic E-state index is 0.180. The van der Waals surface area contributed by atoms with E-state index in [1.54, 1.807) is 0 Å². The van der Waals surface area contributed by atoms with Crippen LogP contribution < -0.4 is 0 Å². The molecule has 0 radical (unpaired) electrons. The maximum atomic E-state index is 12.1. The molecule has 0 fully saturated rings. The van der Waals surface area contributed by atoms with Crippen molar-refractivity contribution >= 4 is 5.97 Å². The Labute approximate surface area is 230 Å². The zero-order valence-corrected chi connectivity index (χ0v) is 24.5. The highest BCUT2D eigenvalue weighted by Gasteiger charge is 2.13. The van der Waals surface area contributed by atoms with E-state index in [1.165, 1.54) is 83.5 Å². The quantitative estimate of drug-likeness (QED) is 0.0634. The molecule has 4 heteroatoms. The first-order valence-electron chi connectivity index (χ1n) is 15.6. The van der Waals surface area contributed by atoms with E-state index < -0.39 is 6.10 Å². The van der Waals surface area contributed by atoms with E-state index >= 15 is 0 Å². The molecule has 0 saturated heterocycles. The van der Waals surface area contributed by atoms with E-state index in [1.807, 2.05) is 0 Å². The van der Waals surface area contributed by atoms with Gasteiger partial charge in [-0.15, -0.1) is 0 Å². The Morgan fingerprint density at radius 1 is 0.649 bits per heavy atom. The van der Waals surface area contributed by atoms with Gasteiger partial charge in [-0.25, -0.2) is 0 Å². The molecule has 0 bridgehead atoms. The Morgan fingerprint density at radius 3 is 1.81 bits per heavy atom. The summed E-state index contributed by atoms with van der Waals surface area (Å²) in [5, 5.41) is 9.49. The number of aliphatic hydroxyl groups is 1. The number of unbranched alkanes of at least 4 members (excludes halogenated alkanes) is 14. The Kier molecular flexibility index (Phi) is 29.7. The number of hydrogen-bond donors (Lipinski definition) is 1. The van der Waals surface area contributed by atoms with Crippen LogP contribution in [0.4, 0.5) is 0 Å². The number of allylic oxidation sites excluding steroid dienone is 6. The summed E-state index contributed by atoms with van der Waals surface area (Å²) in [7, 11) is 0. The summed E-state index contributed by atoms with van der Waals surface area (Å²) in [5.41, 5.74) is 0. The topological polar surface area (TPSA) is 55.8 Å². The number of hydrogen-bond acceptors (Lipinski definition) is 4. The average molecular weight is 521 g/mol. The van der Waals surface area contributed by atoms with Crippen molar-refractivity contribution in [1.29, 1.82) is 0 Å². The van der Waals surface area contributed by atoms with Crippen LogP contribution in [0.5, 0.6) is 0 Å². The highest BCUT2D eigenvalue weighted by molar-refractivity contribution is 5.69. The van der Waals surface area contributed by atoms with Gasteiger partial charge in [0.25, 0.3) is 0 Å². The standard InChI is InChI=1S/C33H60O4/c1-3-5-7-9-11-13-15-16-17-18-20-22-24-26-28-33(35)37-32(30-34)31-36-29-27-25-23-21-19-14-12-10-8-6-4-2/h8-11,15-16,32,34H,3-7,12-14,17-31H2,1-2H3/b10-8-,11-9-,16-15-. The molecule has 0 heterocycles. The molecule has 0 spiro atoms. The predicted octanol–water partition coefficient (Wildman–Crippen LogP) is 9.42. The van der Waals surface area contributed by atoms with Crippen LogP contribution in [-0.4, -0.2) is 37.0 Å². The van der Waals surface area contributed by atoms with Gasteiger partial charge < -0.3 is 14.6 Å². The maximum Gasteiger partial charge on any atom is 0.306 e. The smallest absolute Gasteiger partial charge is 0.306 e. The third-order valence-corrected chi connectivity index (χ3v) is 6.42. The first-order chi connectivity index (χ1) is 18.2. The van der Waals surface area contributed by atoms with E-state index in [0.29, 0.717) is 13.0 Å². The third-order valence-electron chi connectivity index (χ3n) is 6.42. The number of carbonyl (C=O) groups is 1. The second-order valence-corrected chi connectivity index (χ2v) is 10.2. The van der Waals surface area contributed by atoms with E-state index in [2.05, 4.69) is 50.3 Å². The number of carbonyl (C=O) groups excluding carboxylic acids is 1. The molecule has 37 heavy (non-hydrogen) atoms. The van der Waals surface area contributed by atoms with Gasteiger partial charge in [0.1, 0.15) is 6.10 Å². The van der Waals surface area contributed by atoms with Crippen molar-refractivity contribution < 1.29 is 19.4 Å². The predicted molar refractivity (Wildman–Crippen MR) is 159 cm³/mol. The summed E-state index contributed by atoms with van der Waals surface area (Å²) in [6, 6.07) is 0. The fourth-order valence-electron chi connectivity index (χ4n) is 4.05. The first-order valence-corrected chi connectivity index (χ1v) is 15.6. The van der Waals surface area contributed by atoms with Crippen LogP contribution in [0.2, 0.25) is 0 Å². The zero-order valence-electron chi connectivity index (χ0n) is 24.5. The molecule has 0 saturated carbocycles. The average Bonchev–Trinajstić information content (AvgIpc) is 2.90.